The highest BCUT2D eigenvalue weighted by Gasteiger charge is 2.51. The van der Waals surface area contributed by atoms with Gasteiger partial charge < -0.3 is 18.6 Å². The highest BCUT2D eigenvalue weighted by atomic mass is 16.7. The summed E-state index contributed by atoms with van der Waals surface area (Å²) < 4.78 is 23.5. The van der Waals surface area contributed by atoms with Crippen molar-refractivity contribution in [2.45, 2.75) is 110 Å². The van der Waals surface area contributed by atoms with E-state index in [1.54, 1.807) is 0 Å². The van der Waals surface area contributed by atoms with E-state index in [0.29, 0.717) is 0 Å². The molecule has 2 rings (SSSR count). The Morgan fingerprint density at radius 1 is 0.519 bits per heavy atom. The Morgan fingerprint density at radius 2 is 0.815 bits per heavy atom. The topological polar surface area (TPSA) is 36.9 Å². The van der Waals surface area contributed by atoms with Gasteiger partial charge in [0.2, 0.25) is 0 Å². The van der Waals surface area contributed by atoms with E-state index in [1.807, 2.05) is 55.4 Å². The van der Waals surface area contributed by atoms with Crippen molar-refractivity contribution in [3.8, 4) is 23.5 Å². The average molecular weight is 372 g/mol. The van der Waals surface area contributed by atoms with Gasteiger partial charge in [-0.3, -0.25) is 0 Å². The first-order valence-electron chi connectivity index (χ1n) is 10.0. The third kappa shape index (κ3) is 5.55. The van der Waals surface area contributed by atoms with Crippen LogP contribution in [0.2, 0.25) is 0 Å². The Labute approximate surface area is 166 Å². The van der Waals surface area contributed by atoms with Crippen LogP contribution in [-0.2, 0) is 18.6 Å². The van der Waals surface area contributed by atoms with Gasteiger partial charge in [-0.15, -0.1) is 11.8 Å². The second kappa shape index (κ2) is 8.22. The van der Waals surface area contributed by atoms with Crippen LogP contribution in [0.25, 0.3) is 0 Å². The van der Waals surface area contributed by atoms with Crippen LogP contribution in [-0.4, -0.2) is 36.6 Å². The summed E-state index contributed by atoms with van der Waals surface area (Å²) in [5, 5.41) is 0. The van der Waals surface area contributed by atoms with Gasteiger partial charge in [0.25, 0.3) is 0 Å². The molecule has 6 heteroatoms. The number of unbranched alkanes of at least 4 members (excludes halogenated alkanes) is 4. The lowest BCUT2D eigenvalue weighted by Crippen LogP contribution is -2.41. The van der Waals surface area contributed by atoms with Crippen LogP contribution < -0.4 is 0 Å². The molecular weight excluding hydrogens is 338 g/mol. The Hall–Kier alpha value is -0.910. The molecule has 4 nitrogen and oxygen atoms in total. The molecule has 0 atom stereocenters. The van der Waals surface area contributed by atoms with Crippen LogP contribution in [0.15, 0.2) is 0 Å². The van der Waals surface area contributed by atoms with E-state index in [4.69, 9.17) is 18.6 Å². The number of hydrogen-bond donors (Lipinski definition) is 0. The van der Waals surface area contributed by atoms with Gasteiger partial charge in [-0.2, -0.15) is 0 Å². The lowest BCUT2D eigenvalue weighted by molar-refractivity contribution is 0.00578. The normalized spacial score (nSPS) is 24.1. The summed E-state index contributed by atoms with van der Waals surface area (Å²) in [6, 6.07) is 0. The maximum atomic E-state index is 5.86. The van der Waals surface area contributed by atoms with Gasteiger partial charge >= 0.3 is 14.2 Å². The minimum Gasteiger partial charge on any atom is -0.392 e. The maximum absolute atomic E-state index is 5.86. The van der Waals surface area contributed by atoms with Crippen LogP contribution >= 0.6 is 0 Å². The molecule has 2 aliphatic rings. The molecule has 0 aromatic rings. The average Bonchev–Trinajstić information content (AvgIpc) is 2.84. The van der Waals surface area contributed by atoms with Gasteiger partial charge in [0.15, 0.2) is 0 Å². The van der Waals surface area contributed by atoms with Gasteiger partial charge in [0, 0.05) is 12.8 Å². The van der Waals surface area contributed by atoms with Gasteiger partial charge in [0.1, 0.15) is 0 Å². The maximum Gasteiger partial charge on any atom is 0.551 e. The van der Waals surface area contributed by atoms with Gasteiger partial charge in [-0.25, -0.2) is 0 Å². The number of hydrogen-bond acceptors (Lipinski definition) is 4. The lowest BCUT2D eigenvalue weighted by atomic mass is 9.90. The van der Waals surface area contributed by atoms with Crippen molar-refractivity contribution < 1.29 is 18.6 Å². The fourth-order valence-corrected chi connectivity index (χ4v) is 2.72. The summed E-state index contributed by atoms with van der Waals surface area (Å²) >= 11 is 0. The predicted molar refractivity (Wildman–Crippen MR) is 111 cm³/mol. The van der Waals surface area contributed by atoms with Crippen molar-refractivity contribution >= 4 is 14.2 Å². The highest BCUT2D eigenvalue weighted by molar-refractivity contribution is 6.55. The SMILES string of the molecule is CC1(C)OB(C#CCCCCCC#CB2OC(C)(C)C(C)(C)O2)OC1(C)C. The first-order chi connectivity index (χ1) is 12.4. The zero-order valence-electron chi connectivity index (χ0n) is 18.3. The predicted octanol–water partition coefficient (Wildman–Crippen LogP) is 4.21. The molecule has 0 unspecified atom stereocenters. The largest absolute Gasteiger partial charge is 0.551 e. The molecule has 0 bridgehead atoms. The fraction of sp³-hybridized carbons (Fsp3) is 0.810. The van der Waals surface area contributed by atoms with Crippen molar-refractivity contribution in [2.75, 3.05) is 0 Å². The highest BCUT2D eigenvalue weighted by Crippen LogP contribution is 2.37. The minimum atomic E-state index is -0.416. The fourth-order valence-electron chi connectivity index (χ4n) is 2.72. The summed E-state index contributed by atoms with van der Waals surface area (Å²) in [5.41, 5.74) is -1.27. The second-order valence-corrected chi connectivity index (χ2v) is 9.38. The Bertz CT molecular complexity index is 559. The third-order valence-electron chi connectivity index (χ3n) is 6.05. The summed E-state index contributed by atoms with van der Waals surface area (Å²) in [5.74, 6) is 12.5. The zero-order chi connectivity index (χ0) is 20.3. The number of rotatable bonds is 4. The van der Waals surface area contributed by atoms with E-state index in [1.165, 1.54) is 0 Å². The monoisotopic (exact) mass is 372 g/mol. The van der Waals surface area contributed by atoms with Gasteiger partial charge in [0.05, 0.1) is 22.4 Å². The molecule has 0 aliphatic carbocycles. The molecule has 2 fully saturated rings. The molecule has 0 aromatic heterocycles. The molecule has 0 amide bonds. The van der Waals surface area contributed by atoms with Crippen molar-refractivity contribution in [2.24, 2.45) is 0 Å². The molecule has 2 saturated heterocycles. The summed E-state index contributed by atoms with van der Waals surface area (Å²) in [7, 11) is -0.832. The minimum absolute atomic E-state index is 0.317. The van der Waals surface area contributed by atoms with E-state index in [0.717, 1.165) is 32.1 Å². The lowest BCUT2D eigenvalue weighted by Gasteiger charge is -2.32. The summed E-state index contributed by atoms with van der Waals surface area (Å²) in [6.07, 6.45) is 4.94. The van der Waals surface area contributed by atoms with Crippen LogP contribution in [0.4, 0.5) is 0 Å². The molecule has 0 N–H and O–H groups in total. The summed E-state index contributed by atoms with van der Waals surface area (Å²) in [4.78, 5) is 0. The molecule has 0 radical (unpaired) electrons. The van der Waals surface area contributed by atoms with Crippen molar-refractivity contribution in [1.82, 2.24) is 0 Å². The van der Waals surface area contributed by atoms with E-state index < -0.39 is 14.2 Å². The molecule has 2 aliphatic heterocycles. The first kappa shape index (κ1) is 22.4. The van der Waals surface area contributed by atoms with Crippen LogP contribution in [0.3, 0.4) is 0 Å². The molecular formula is C21H34B2O4. The molecule has 148 valence electrons. The van der Waals surface area contributed by atoms with Gasteiger partial charge in [-0.1, -0.05) is 18.1 Å². The Balaban J connectivity index is 1.60. The van der Waals surface area contributed by atoms with Crippen molar-refractivity contribution in [3.05, 3.63) is 0 Å². The Kier molecular flexibility index (Phi) is 6.81. The van der Waals surface area contributed by atoms with Gasteiger partial charge in [-0.05, 0) is 68.2 Å². The van der Waals surface area contributed by atoms with Crippen LogP contribution in [0, 0.1) is 23.5 Å². The quantitative estimate of drug-likeness (QED) is 0.421. The Morgan fingerprint density at radius 3 is 1.11 bits per heavy atom. The first-order valence-corrected chi connectivity index (χ1v) is 10.0. The van der Waals surface area contributed by atoms with E-state index in [9.17, 15) is 0 Å². The molecule has 0 spiro atoms. The summed E-state index contributed by atoms with van der Waals surface area (Å²) in [6.45, 7) is 16.3. The second-order valence-electron chi connectivity index (χ2n) is 9.38. The molecule has 0 saturated carbocycles. The molecule has 27 heavy (non-hydrogen) atoms. The van der Waals surface area contributed by atoms with E-state index in [2.05, 4.69) is 23.5 Å². The van der Waals surface area contributed by atoms with Crippen LogP contribution in [0.1, 0.15) is 87.5 Å². The molecule has 2 heterocycles. The van der Waals surface area contributed by atoms with Crippen molar-refractivity contribution in [1.29, 1.82) is 0 Å². The molecule has 0 aromatic carbocycles. The van der Waals surface area contributed by atoms with E-state index >= 15 is 0 Å². The smallest absolute Gasteiger partial charge is 0.392 e. The zero-order valence-corrected chi connectivity index (χ0v) is 18.3. The van der Waals surface area contributed by atoms with Crippen molar-refractivity contribution in [3.63, 3.8) is 0 Å². The van der Waals surface area contributed by atoms with Crippen LogP contribution in [0.5, 0.6) is 0 Å². The van der Waals surface area contributed by atoms with E-state index in [-0.39, 0.29) is 22.4 Å². The third-order valence-corrected chi connectivity index (χ3v) is 6.05. The standard InChI is InChI=1S/C21H34B2O4/c1-18(2)19(3,4)25-22(24-18)16-14-12-10-9-11-13-15-17-23-26-20(5,6)21(7,8)27-23/h9-13H2,1-8H3.